The predicted molar refractivity (Wildman–Crippen MR) is 64.3 cm³/mol. The predicted octanol–water partition coefficient (Wildman–Crippen LogP) is 4.19. The Kier molecular flexibility index (Phi) is 3.07. The highest BCUT2D eigenvalue weighted by Gasteiger charge is 2.34. The van der Waals surface area contributed by atoms with Gasteiger partial charge in [-0.2, -0.15) is 13.2 Å². The molecule has 2 aromatic rings. The number of benzene rings is 1. The van der Waals surface area contributed by atoms with Gasteiger partial charge in [-0.25, -0.2) is 9.37 Å². The molecule has 0 unspecified atom stereocenters. The molecule has 0 spiro atoms. The largest absolute Gasteiger partial charge is 0.440 e. The van der Waals surface area contributed by atoms with Gasteiger partial charge in [0, 0.05) is 11.5 Å². The van der Waals surface area contributed by atoms with Crippen LogP contribution in [0.1, 0.15) is 40.6 Å². The van der Waals surface area contributed by atoms with Crippen LogP contribution in [0.4, 0.5) is 17.6 Å². The SMILES string of the molecule is O=Cc1nc(-c2cc(F)cc(C(F)(F)F)c2)oc1C1CC1. The molecule has 1 heterocycles. The van der Waals surface area contributed by atoms with Gasteiger partial charge in [0.05, 0.1) is 5.56 Å². The summed E-state index contributed by atoms with van der Waals surface area (Å²) in [7, 11) is 0. The van der Waals surface area contributed by atoms with Crippen LogP contribution in [0.5, 0.6) is 0 Å². The van der Waals surface area contributed by atoms with Gasteiger partial charge in [0.1, 0.15) is 17.3 Å². The number of alkyl halides is 3. The first kappa shape index (κ1) is 13.8. The van der Waals surface area contributed by atoms with Crippen LogP contribution in [0.3, 0.4) is 0 Å². The number of hydrogen-bond acceptors (Lipinski definition) is 3. The summed E-state index contributed by atoms with van der Waals surface area (Å²) in [5, 5.41) is 0. The molecule has 3 nitrogen and oxygen atoms in total. The number of carbonyl (C=O) groups is 1. The molecular formula is C14H9F4NO2. The first-order valence-electron chi connectivity index (χ1n) is 6.22. The third-order valence-electron chi connectivity index (χ3n) is 3.21. The number of nitrogens with zero attached hydrogens (tertiary/aromatic N) is 1. The Bertz CT molecular complexity index is 701. The monoisotopic (exact) mass is 299 g/mol. The highest BCUT2D eigenvalue weighted by atomic mass is 19.4. The summed E-state index contributed by atoms with van der Waals surface area (Å²) in [4.78, 5) is 14.8. The molecule has 7 heteroatoms. The van der Waals surface area contributed by atoms with Crippen LogP contribution in [0, 0.1) is 5.82 Å². The first-order chi connectivity index (χ1) is 9.88. The van der Waals surface area contributed by atoms with Crippen molar-refractivity contribution in [1.29, 1.82) is 0 Å². The van der Waals surface area contributed by atoms with E-state index in [0.717, 1.165) is 25.0 Å². The molecule has 0 N–H and O–H groups in total. The molecule has 0 aliphatic heterocycles. The van der Waals surface area contributed by atoms with E-state index < -0.39 is 17.6 Å². The minimum Gasteiger partial charge on any atom is -0.440 e. The molecule has 0 saturated heterocycles. The minimum absolute atomic E-state index is 0.0605. The highest BCUT2D eigenvalue weighted by Crippen LogP contribution is 2.43. The molecule has 110 valence electrons. The normalized spacial score (nSPS) is 15.2. The Balaban J connectivity index is 2.08. The second-order valence-electron chi connectivity index (χ2n) is 4.89. The van der Waals surface area contributed by atoms with Crippen LogP contribution >= 0.6 is 0 Å². The van der Waals surface area contributed by atoms with Gasteiger partial charge in [-0.15, -0.1) is 0 Å². The van der Waals surface area contributed by atoms with Crippen LogP contribution in [-0.2, 0) is 6.18 Å². The summed E-state index contributed by atoms with van der Waals surface area (Å²) in [6.45, 7) is 0. The Labute approximate surface area is 116 Å². The molecule has 0 radical (unpaired) electrons. The van der Waals surface area contributed by atoms with Crippen LogP contribution in [0.15, 0.2) is 22.6 Å². The molecule has 1 aromatic heterocycles. The summed E-state index contributed by atoms with van der Waals surface area (Å²) in [5.41, 5.74) is -1.21. The molecule has 0 amide bonds. The van der Waals surface area contributed by atoms with E-state index >= 15 is 0 Å². The van der Waals surface area contributed by atoms with Crippen molar-refractivity contribution in [3.8, 4) is 11.5 Å². The average Bonchev–Trinajstić information content (AvgIpc) is 3.16. The fourth-order valence-electron chi connectivity index (χ4n) is 2.07. The maximum Gasteiger partial charge on any atom is 0.416 e. The molecule has 1 saturated carbocycles. The lowest BCUT2D eigenvalue weighted by molar-refractivity contribution is -0.137. The molecule has 0 bridgehead atoms. The second-order valence-corrected chi connectivity index (χ2v) is 4.89. The third kappa shape index (κ3) is 2.68. The molecule has 1 aliphatic carbocycles. The molecule has 1 aromatic carbocycles. The van der Waals surface area contributed by atoms with Crippen molar-refractivity contribution in [1.82, 2.24) is 4.98 Å². The molecular weight excluding hydrogens is 290 g/mol. The minimum atomic E-state index is -4.67. The zero-order valence-electron chi connectivity index (χ0n) is 10.6. The van der Waals surface area contributed by atoms with Crippen LogP contribution in [0.2, 0.25) is 0 Å². The van der Waals surface area contributed by atoms with Gasteiger partial charge in [-0.3, -0.25) is 4.79 Å². The van der Waals surface area contributed by atoms with Gasteiger partial charge in [0.15, 0.2) is 6.29 Å². The number of aldehydes is 1. The van der Waals surface area contributed by atoms with E-state index in [1.54, 1.807) is 0 Å². The van der Waals surface area contributed by atoms with E-state index in [1.165, 1.54) is 0 Å². The third-order valence-corrected chi connectivity index (χ3v) is 3.21. The summed E-state index contributed by atoms with van der Waals surface area (Å²) in [6, 6.07) is 2.04. The van der Waals surface area contributed by atoms with Crippen LogP contribution < -0.4 is 0 Å². The van der Waals surface area contributed by atoms with E-state index in [4.69, 9.17) is 4.42 Å². The molecule has 3 rings (SSSR count). The van der Waals surface area contributed by atoms with Crippen molar-refractivity contribution in [3.05, 3.63) is 41.0 Å². The average molecular weight is 299 g/mol. The number of rotatable bonds is 3. The number of hydrogen-bond donors (Lipinski definition) is 0. The number of carbonyl (C=O) groups excluding carboxylic acids is 1. The Morgan fingerprint density at radius 1 is 1.24 bits per heavy atom. The summed E-state index contributed by atoms with van der Waals surface area (Å²) >= 11 is 0. The fourth-order valence-corrected chi connectivity index (χ4v) is 2.07. The van der Waals surface area contributed by atoms with Gasteiger partial charge in [-0.1, -0.05) is 0 Å². The van der Waals surface area contributed by atoms with Gasteiger partial charge < -0.3 is 4.42 Å². The van der Waals surface area contributed by atoms with E-state index in [2.05, 4.69) is 4.98 Å². The van der Waals surface area contributed by atoms with Gasteiger partial charge in [0.25, 0.3) is 0 Å². The van der Waals surface area contributed by atoms with Crippen molar-refractivity contribution in [2.75, 3.05) is 0 Å². The number of aromatic nitrogens is 1. The fraction of sp³-hybridized carbons (Fsp3) is 0.286. The maximum atomic E-state index is 13.4. The van der Waals surface area contributed by atoms with Crippen molar-refractivity contribution >= 4 is 6.29 Å². The van der Waals surface area contributed by atoms with Crippen molar-refractivity contribution in [2.45, 2.75) is 24.9 Å². The molecule has 21 heavy (non-hydrogen) atoms. The molecule has 1 aliphatic rings. The lowest BCUT2D eigenvalue weighted by atomic mass is 10.1. The Hall–Kier alpha value is -2.18. The second kappa shape index (κ2) is 4.68. The van der Waals surface area contributed by atoms with Gasteiger partial charge in [0.2, 0.25) is 5.89 Å². The van der Waals surface area contributed by atoms with Crippen molar-refractivity contribution < 1.29 is 26.8 Å². The maximum absolute atomic E-state index is 13.4. The lowest BCUT2D eigenvalue weighted by Gasteiger charge is -2.07. The van der Waals surface area contributed by atoms with Gasteiger partial charge in [-0.05, 0) is 31.0 Å². The number of oxazole rings is 1. The number of halogens is 4. The van der Waals surface area contributed by atoms with E-state index in [1.807, 2.05) is 0 Å². The summed E-state index contributed by atoms with van der Waals surface area (Å²) < 4.78 is 56.8. The smallest absolute Gasteiger partial charge is 0.416 e. The molecule has 1 fully saturated rings. The zero-order valence-corrected chi connectivity index (χ0v) is 10.6. The van der Waals surface area contributed by atoms with Crippen molar-refractivity contribution in [3.63, 3.8) is 0 Å². The lowest BCUT2D eigenvalue weighted by Crippen LogP contribution is -2.05. The Morgan fingerprint density at radius 2 is 1.95 bits per heavy atom. The van der Waals surface area contributed by atoms with E-state index in [-0.39, 0.29) is 23.1 Å². The topological polar surface area (TPSA) is 43.1 Å². The quantitative estimate of drug-likeness (QED) is 0.630. The van der Waals surface area contributed by atoms with Crippen LogP contribution in [-0.4, -0.2) is 11.3 Å². The van der Waals surface area contributed by atoms with Crippen LogP contribution in [0.25, 0.3) is 11.5 Å². The summed E-state index contributed by atoms with van der Waals surface area (Å²) in [5.74, 6) is -0.789. The zero-order chi connectivity index (χ0) is 15.2. The Morgan fingerprint density at radius 3 is 2.52 bits per heavy atom. The standard InChI is InChI=1S/C14H9F4NO2/c15-10-4-8(3-9(5-10)14(16,17)18)13-19-11(6-20)12(21-13)7-1-2-7/h3-7H,1-2H2. The van der Waals surface area contributed by atoms with Gasteiger partial charge >= 0.3 is 6.18 Å². The van der Waals surface area contributed by atoms with E-state index in [0.29, 0.717) is 18.1 Å². The van der Waals surface area contributed by atoms with E-state index in [9.17, 15) is 22.4 Å². The highest BCUT2D eigenvalue weighted by molar-refractivity contribution is 5.75. The van der Waals surface area contributed by atoms with Crippen molar-refractivity contribution in [2.24, 2.45) is 0 Å². The first-order valence-corrected chi connectivity index (χ1v) is 6.22. The molecule has 0 atom stereocenters. The summed E-state index contributed by atoms with van der Waals surface area (Å²) in [6.07, 6.45) is -2.50.